The Morgan fingerprint density at radius 2 is 2.05 bits per heavy atom. The standard InChI is InChI=1S/C13H12ClN3O2/c1-9-6-13(16-8-15-9)19-7-12(18)17-11-4-2-10(14)3-5-11/h2-6,8H,7H2,1H3,(H,17,18). The molecular formula is C13H12ClN3O2. The molecule has 0 atom stereocenters. The number of carbonyl (C=O) groups is 1. The van der Waals surface area contributed by atoms with Gasteiger partial charge in [0.2, 0.25) is 5.88 Å². The molecule has 5 nitrogen and oxygen atoms in total. The molecule has 0 fully saturated rings. The third-order valence-corrected chi connectivity index (χ3v) is 2.51. The van der Waals surface area contributed by atoms with Gasteiger partial charge in [0.1, 0.15) is 6.33 Å². The molecule has 0 aliphatic heterocycles. The largest absolute Gasteiger partial charge is 0.467 e. The maximum absolute atomic E-state index is 11.6. The highest BCUT2D eigenvalue weighted by Gasteiger charge is 2.04. The molecular weight excluding hydrogens is 266 g/mol. The van der Waals surface area contributed by atoms with Crippen molar-refractivity contribution in [2.45, 2.75) is 6.92 Å². The molecule has 0 saturated heterocycles. The molecule has 1 amide bonds. The Hall–Kier alpha value is -2.14. The molecule has 0 spiro atoms. The third kappa shape index (κ3) is 4.22. The first-order valence-corrected chi connectivity index (χ1v) is 5.98. The van der Waals surface area contributed by atoms with Crippen LogP contribution in [0.25, 0.3) is 0 Å². The summed E-state index contributed by atoms with van der Waals surface area (Å²) in [6.07, 6.45) is 1.39. The van der Waals surface area contributed by atoms with Crippen LogP contribution in [0.15, 0.2) is 36.7 Å². The lowest BCUT2D eigenvalue weighted by Crippen LogP contribution is -2.20. The van der Waals surface area contributed by atoms with Gasteiger partial charge >= 0.3 is 0 Å². The van der Waals surface area contributed by atoms with Crippen LogP contribution in [0.5, 0.6) is 5.88 Å². The molecule has 2 aromatic rings. The average Bonchev–Trinajstić information content (AvgIpc) is 2.39. The van der Waals surface area contributed by atoms with Crippen LogP contribution in [0.2, 0.25) is 5.02 Å². The van der Waals surface area contributed by atoms with E-state index in [0.29, 0.717) is 16.6 Å². The first-order chi connectivity index (χ1) is 9.13. The highest BCUT2D eigenvalue weighted by Crippen LogP contribution is 2.13. The molecule has 1 N–H and O–H groups in total. The summed E-state index contributed by atoms with van der Waals surface area (Å²) in [6, 6.07) is 8.50. The molecule has 1 aromatic heterocycles. The van der Waals surface area contributed by atoms with E-state index in [9.17, 15) is 4.79 Å². The van der Waals surface area contributed by atoms with E-state index in [0.717, 1.165) is 5.69 Å². The van der Waals surface area contributed by atoms with E-state index in [4.69, 9.17) is 16.3 Å². The monoisotopic (exact) mass is 277 g/mol. The number of anilines is 1. The zero-order valence-electron chi connectivity index (χ0n) is 10.3. The summed E-state index contributed by atoms with van der Waals surface area (Å²) in [5.41, 5.74) is 1.44. The van der Waals surface area contributed by atoms with Crippen molar-refractivity contribution in [2.24, 2.45) is 0 Å². The number of amides is 1. The Bertz CT molecular complexity index is 572. The average molecular weight is 278 g/mol. The number of aryl methyl sites for hydroxylation is 1. The second kappa shape index (κ2) is 6.15. The maximum Gasteiger partial charge on any atom is 0.262 e. The van der Waals surface area contributed by atoms with Gasteiger partial charge in [-0.1, -0.05) is 11.6 Å². The topological polar surface area (TPSA) is 64.1 Å². The minimum absolute atomic E-state index is 0.112. The molecule has 0 aliphatic rings. The fourth-order valence-electron chi connectivity index (χ4n) is 1.38. The molecule has 0 aliphatic carbocycles. The van der Waals surface area contributed by atoms with Crippen LogP contribution in [0.3, 0.4) is 0 Å². The van der Waals surface area contributed by atoms with Gasteiger partial charge in [0.25, 0.3) is 5.91 Å². The van der Waals surface area contributed by atoms with E-state index >= 15 is 0 Å². The highest BCUT2D eigenvalue weighted by molar-refractivity contribution is 6.30. The molecule has 0 unspecified atom stereocenters. The van der Waals surface area contributed by atoms with E-state index in [1.807, 2.05) is 6.92 Å². The van der Waals surface area contributed by atoms with Gasteiger partial charge in [0.05, 0.1) is 0 Å². The van der Waals surface area contributed by atoms with Gasteiger partial charge in [0.15, 0.2) is 6.61 Å². The summed E-state index contributed by atoms with van der Waals surface area (Å²) in [4.78, 5) is 19.5. The number of nitrogens with one attached hydrogen (secondary N) is 1. The van der Waals surface area contributed by atoms with Crippen LogP contribution in [0.1, 0.15) is 5.69 Å². The van der Waals surface area contributed by atoms with Gasteiger partial charge < -0.3 is 10.1 Å². The molecule has 98 valence electrons. The molecule has 19 heavy (non-hydrogen) atoms. The molecule has 1 heterocycles. The van der Waals surface area contributed by atoms with Crippen molar-refractivity contribution in [3.05, 3.63) is 47.4 Å². The Labute approximate surface area is 115 Å². The zero-order valence-corrected chi connectivity index (χ0v) is 11.0. The van der Waals surface area contributed by atoms with Crippen molar-refractivity contribution in [3.8, 4) is 5.88 Å². The van der Waals surface area contributed by atoms with E-state index in [1.54, 1.807) is 30.3 Å². The van der Waals surface area contributed by atoms with E-state index in [2.05, 4.69) is 15.3 Å². The van der Waals surface area contributed by atoms with E-state index < -0.39 is 0 Å². The smallest absolute Gasteiger partial charge is 0.262 e. The SMILES string of the molecule is Cc1cc(OCC(=O)Nc2ccc(Cl)cc2)ncn1. The number of ether oxygens (including phenoxy) is 1. The summed E-state index contributed by atoms with van der Waals surface area (Å²) < 4.78 is 5.26. The number of carbonyl (C=O) groups excluding carboxylic acids is 1. The fourth-order valence-corrected chi connectivity index (χ4v) is 1.50. The Morgan fingerprint density at radius 1 is 1.32 bits per heavy atom. The second-order valence-electron chi connectivity index (χ2n) is 3.84. The number of benzene rings is 1. The highest BCUT2D eigenvalue weighted by atomic mass is 35.5. The number of hydrogen-bond donors (Lipinski definition) is 1. The van der Waals surface area contributed by atoms with Crippen LogP contribution in [0, 0.1) is 6.92 Å². The first kappa shape index (κ1) is 13.3. The van der Waals surface area contributed by atoms with E-state index in [-0.39, 0.29) is 12.5 Å². The summed E-state index contributed by atoms with van der Waals surface area (Å²) in [7, 11) is 0. The van der Waals surface area contributed by atoms with Crippen molar-refractivity contribution >= 4 is 23.2 Å². The number of aromatic nitrogens is 2. The Balaban J connectivity index is 1.86. The van der Waals surface area contributed by atoms with Crippen LogP contribution in [-0.2, 0) is 4.79 Å². The summed E-state index contributed by atoms with van der Waals surface area (Å²) in [5.74, 6) is 0.109. The van der Waals surface area contributed by atoms with Crippen molar-refractivity contribution in [1.29, 1.82) is 0 Å². The van der Waals surface area contributed by atoms with Crippen LogP contribution >= 0.6 is 11.6 Å². The predicted octanol–water partition coefficient (Wildman–Crippen LogP) is 2.46. The minimum Gasteiger partial charge on any atom is -0.467 e. The maximum atomic E-state index is 11.6. The Kier molecular flexibility index (Phi) is 4.30. The molecule has 0 radical (unpaired) electrons. The molecule has 1 aromatic carbocycles. The van der Waals surface area contributed by atoms with Gasteiger partial charge in [-0.2, -0.15) is 0 Å². The predicted molar refractivity (Wildman–Crippen MR) is 72.3 cm³/mol. The van der Waals surface area contributed by atoms with Crippen LogP contribution in [-0.4, -0.2) is 22.5 Å². The van der Waals surface area contributed by atoms with Gasteiger partial charge in [-0.25, -0.2) is 9.97 Å². The Morgan fingerprint density at radius 3 is 2.74 bits per heavy atom. The van der Waals surface area contributed by atoms with Crippen molar-refractivity contribution in [2.75, 3.05) is 11.9 Å². The van der Waals surface area contributed by atoms with Gasteiger partial charge in [-0.3, -0.25) is 4.79 Å². The van der Waals surface area contributed by atoms with Crippen molar-refractivity contribution < 1.29 is 9.53 Å². The first-order valence-electron chi connectivity index (χ1n) is 5.60. The minimum atomic E-state index is -0.265. The quantitative estimate of drug-likeness (QED) is 0.932. The number of rotatable bonds is 4. The van der Waals surface area contributed by atoms with Crippen molar-refractivity contribution in [1.82, 2.24) is 9.97 Å². The molecule has 0 bridgehead atoms. The number of halogens is 1. The fraction of sp³-hybridized carbons (Fsp3) is 0.154. The lowest BCUT2D eigenvalue weighted by molar-refractivity contribution is -0.118. The molecule has 6 heteroatoms. The zero-order chi connectivity index (χ0) is 13.7. The summed E-state index contributed by atoms with van der Waals surface area (Å²) in [6.45, 7) is 1.71. The lowest BCUT2D eigenvalue weighted by atomic mass is 10.3. The van der Waals surface area contributed by atoms with Crippen LogP contribution in [0.4, 0.5) is 5.69 Å². The summed E-state index contributed by atoms with van der Waals surface area (Å²) >= 11 is 5.75. The second-order valence-corrected chi connectivity index (χ2v) is 4.28. The molecule has 2 rings (SSSR count). The lowest BCUT2D eigenvalue weighted by Gasteiger charge is -2.07. The van der Waals surface area contributed by atoms with Gasteiger partial charge in [-0.15, -0.1) is 0 Å². The normalized spacial score (nSPS) is 10.0. The molecule has 0 saturated carbocycles. The number of hydrogen-bond acceptors (Lipinski definition) is 4. The van der Waals surface area contributed by atoms with Crippen LogP contribution < -0.4 is 10.1 Å². The van der Waals surface area contributed by atoms with Gasteiger partial charge in [-0.05, 0) is 31.2 Å². The van der Waals surface area contributed by atoms with E-state index in [1.165, 1.54) is 6.33 Å². The number of nitrogens with zero attached hydrogens (tertiary/aromatic N) is 2. The third-order valence-electron chi connectivity index (χ3n) is 2.26. The summed E-state index contributed by atoms with van der Waals surface area (Å²) in [5, 5.41) is 3.30. The van der Waals surface area contributed by atoms with Gasteiger partial charge in [0, 0.05) is 22.5 Å². The van der Waals surface area contributed by atoms with Crippen molar-refractivity contribution in [3.63, 3.8) is 0 Å².